The highest BCUT2D eigenvalue weighted by Crippen LogP contribution is 2.18. The van der Waals surface area contributed by atoms with Crippen LogP contribution in [-0.4, -0.2) is 37.7 Å². The molecule has 2 atom stereocenters. The van der Waals surface area contributed by atoms with Crippen molar-refractivity contribution in [3.8, 4) is 23.0 Å². The predicted octanol–water partition coefficient (Wildman–Crippen LogP) is 3.78. The number of halogens is 1. The topological polar surface area (TPSA) is 89.5 Å². The Hall–Kier alpha value is -3.93. The molecular weight excluding hydrogens is 663 g/mol. The summed E-state index contributed by atoms with van der Waals surface area (Å²) in [5.74, 6) is 1.26. The van der Waals surface area contributed by atoms with Gasteiger partial charge in [0.2, 0.25) is 0 Å². The highest BCUT2D eigenvalue weighted by atomic mass is 127. The van der Waals surface area contributed by atoms with E-state index < -0.39 is 33.1 Å². The van der Waals surface area contributed by atoms with Crippen LogP contribution in [-0.2, 0) is 9.47 Å². The molecule has 0 saturated carbocycles. The molecule has 0 fully saturated rings. The van der Waals surface area contributed by atoms with Gasteiger partial charge in [0.05, 0.1) is 11.1 Å². The molecule has 8 nitrogen and oxygen atoms in total. The minimum atomic E-state index is -0.486. The summed E-state index contributed by atoms with van der Waals surface area (Å²) < 4.78 is 35.4. The molecule has 4 rings (SSSR count). The van der Waals surface area contributed by atoms with Crippen molar-refractivity contribution in [2.75, 3.05) is 13.2 Å². The smallest absolute Gasteiger partial charge is 0.357 e. The lowest BCUT2D eigenvalue weighted by molar-refractivity contribution is -0.597. The van der Waals surface area contributed by atoms with Gasteiger partial charge >= 0.3 is 33.1 Å². The van der Waals surface area contributed by atoms with E-state index in [9.17, 15) is 9.59 Å². The zero-order valence-electron chi connectivity index (χ0n) is 24.5. The van der Waals surface area contributed by atoms with Crippen LogP contribution in [0.15, 0.2) is 97.1 Å². The second kappa shape index (κ2) is 16.1. The lowest BCUT2D eigenvalue weighted by Crippen LogP contribution is -3.61. The summed E-state index contributed by atoms with van der Waals surface area (Å²) in [6, 6.07) is 28.5. The molecule has 0 heterocycles. The molecule has 0 spiro atoms. The van der Waals surface area contributed by atoms with Gasteiger partial charge in [0.15, 0.2) is 19.7 Å². The lowest BCUT2D eigenvalue weighted by atomic mass is 10.2. The van der Waals surface area contributed by atoms with Crippen molar-refractivity contribution in [3.63, 3.8) is 0 Å². The van der Waals surface area contributed by atoms with Gasteiger partial charge in [-0.15, -0.1) is 0 Å². The number of carbonyl (C=O) groups is 2. The van der Waals surface area contributed by atoms with Crippen molar-refractivity contribution in [2.45, 2.75) is 40.3 Å². The highest BCUT2D eigenvalue weighted by Gasteiger charge is 2.18. The average Bonchev–Trinajstić information content (AvgIpc) is 3.00. The van der Waals surface area contributed by atoms with E-state index in [4.69, 9.17) is 28.4 Å². The number of esters is 2. The van der Waals surface area contributed by atoms with E-state index in [2.05, 4.69) is 0 Å². The molecule has 0 aliphatic carbocycles. The normalized spacial score (nSPS) is 12.2. The minimum absolute atomic E-state index is 0.370. The molecule has 9 heteroatoms. The number of rotatable bonds is 14. The van der Waals surface area contributed by atoms with Crippen molar-refractivity contribution >= 4 is 11.9 Å². The van der Waals surface area contributed by atoms with Gasteiger partial charge in [-0.2, -0.15) is 0 Å². The van der Waals surface area contributed by atoms with E-state index in [0.717, 1.165) is 7.14 Å². The molecule has 0 amide bonds. The molecule has 224 valence electrons. The molecular formula is C34H34IO8+. The number of benzene rings is 4. The van der Waals surface area contributed by atoms with Crippen molar-refractivity contribution in [2.24, 2.45) is 0 Å². The first-order chi connectivity index (χ1) is 20.8. The lowest BCUT2D eigenvalue weighted by Gasteiger charge is -2.14. The van der Waals surface area contributed by atoms with Crippen LogP contribution in [0, 0.1) is 7.14 Å². The third-order valence-electron chi connectivity index (χ3n) is 5.85. The Labute approximate surface area is 262 Å². The average molecular weight is 698 g/mol. The summed E-state index contributed by atoms with van der Waals surface area (Å²) in [5.41, 5.74) is 0.846. The molecule has 0 bridgehead atoms. The Morgan fingerprint density at radius 1 is 0.535 bits per heavy atom. The molecule has 4 aromatic rings. The fourth-order valence-corrected chi connectivity index (χ4v) is 6.01. The molecule has 4 aromatic carbocycles. The molecule has 0 aliphatic rings. The zero-order valence-corrected chi connectivity index (χ0v) is 26.6. The van der Waals surface area contributed by atoms with Gasteiger partial charge in [-0.05, 0) is 125 Å². The third kappa shape index (κ3) is 10.1. The zero-order chi connectivity index (χ0) is 30.6. The molecule has 0 aromatic heterocycles. The molecule has 43 heavy (non-hydrogen) atoms. The standard InChI is InChI=1S/C34H34IO8/c1-5-38-23(3)40-29-15-7-25(8-16-29)33(36)42-31-19-11-27(12-20-31)35-28-13-21-32(22-14-28)43-34(37)26-9-17-30(18-10-26)41-24(4)39-6-2/h7-24H,5-6H2,1-4H3/q+1. The monoisotopic (exact) mass is 697 g/mol. The first-order valence-corrected chi connectivity index (χ1v) is 16.0. The van der Waals surface area contributed by atoms with Crippen molar-refractivity contribution in [1.29, 1.82) is 0 Å². The fourth-order valence-electron chi connectivity index (χ4n) is 3.85. The van der Waals surface area contributed by atoms with E-state index in [1.807, 2.05) is 52.0 Å². The van der Waals surface area contributed by atoms with E-state index in [0.29, 0.717) is 47.3 Å². The summed E-state index contributed by atoms with van der Waals surface area (Å²) >= 11 is -0.486. The SMILES string of the molecule is CCOC(C)Oc1ccc(C(=O)Oc2ccc([I+]c3ccc(OC(=O)c4ccc(OC(C)OCC)cc4)cc3)cc2)cc1. The molecule has 2 unspecified atom stereocenters. The Morgan fingerprint density at radius 2 is 0.860 bits per heavy atom. The van der Waals surface area contributed by atoms with Crippen LogP contribution in [0.3, 0.4) is 0 Å². The summed E-state index contributed by atoms with van der Waals surface area (Å²) in [5, 5.41) is 0. The van der Waals surface area contributed by atoms with Crippen LogP contribution in [0.1, 0.15) is 48.4 Å². The van der Waals surface area contributed by atoms with Crippen LogP contribution in [0.2, 0.25) is 0 Å². The Kier molecular flexibility index (Phi) is 12.0. The number of hydrogen-bond donors (Lipinski definition) is 0. The summed E-state index contributed by atoms with van der Waals surface area (Å²) in [4.78, 5) is 25.1. The van der Waals surface area contributed by atoms with Crippen molar-refractivity contribution in [3.05, 3.63) is 115 Å². The third-order valence-corrected chi connectivity index (χ3v) is 8.54. The van der Waals surface area contributed by atoms with Gasteiger partial charge in [0, 0.05) is 13.2 Å². The van der Waals surface area contributed by atoms with Crippen molar-refractivity contribution in [1.82, 2.24) is 0 Å². The maximum absolute atomic E-state index is 12.6. The largest absolute Gasteiger partial charge is 0.465 e. The summed E-state index contributed by atoms with van der Waals surface area (Å²) in [7, 11) is 0. The first-order valence-electron chi connectivity index (χ1n) is 13.9. The first kappa shape index (κ1) is 32.0. The van der Waals surface area contributed by atoms with Gasteiger partial charge in [-0.1, -0.05) is 0 Å². The van der Waals surface area contributed by atoms with Crippen LogP contribution in [0.5, 0.6) is 23.0 Å². The van der Waals surface area contributed by atoms with Gasteiger partial charge in [-0.25, -0.2) is 9.59 Å². The molecule has 0 saturated heterocycles. The highest BCUT2D eigenvalue weighted by molar-refractivity contribution is 5.91. The van der Waals surface area contributed by atoms with Crippen LogP contribution in [0.4, 0.5) is 0 Å². The minimum Gasteiger partial charge on any atom is -0.465 e. The maximum Gasteiger partial charge on any atom is 0.357 e. The van der Waals surface area contributed by atoms with Gasteiger partial charge in [-0.3, -0.25) is 0 Å². The van der Waals surface area contributed by atoms with Crippen LogP contribution < -0.4 is 40.2 Å². The fraction of sp³-hybridized carbons (Fsp3) is 0.235. The number of carbonyl (C=O) groups excluding carboxylic acids is 2. The second-order valence-corrected chi connectivity index (χ2v) is 12.1. The van der Waals surface area contributed by atoms with E-state index in [-0.39, 0.29) is 12.6 Å². The van der Waals surface area contributed by atoms with Crippen LogP contribution >= 0.6 is 0 Å². The van der Waals surface area contributed by atoms with Crippen LogP contribution in [0.25, 0.3) is 0 Å². The Bertz CT molecular complexity index is 1340. The van der Waals surface area contributed by atoms with E-state index in [1.165, 1.54) is 0 Å². The van der Waals surface area contributed by atoms with Gasteiger partial charge in [0.1, 0.15) is 23.0 Å². The number of hydrogen-bond acceptors (Lipinski definition) is 8. The van der Waals surface area contributed by atoms with Crippen molar-refractivity contribution < 1.29 is 59.2 Å². The quantitative estimate of drug-likeness (QED) is 0.0853. The van der Waals surface area contributed by atoms with E-state index >= 15 is 0 Å². The maximum atomic E-state index is 12.6. The Morgan fingerprint density at radius 3 is 1.19 bits per heavy atom. The summed E-state index contributed by atoms with van der Waals surface area (Å²) in [6.07, 6.45) is -0.740. The van der Waals surface area contributed by atoms with Gasteiger partial charge < -0.3 is 28.4 Å². The van der Waals surface area contributed by atoms with Gasteiger partial charge in [0.25, 0.3) is 0 Å². The Balaban J connectivity index is 1.26. The molecule has 0 radical (unpaired) electrons. The molecule has 0 N–H and O–H groups in total. The predicted molar refractivity (Wildman–Crippen MR) is 157 cm³/mol. The summed E-state index contributed by atoms with van der Waals surface area (Å²) in [6.45, 7) is 8.53. The number of ether oxygens (including phenoxy) is 6. The second-order valence-electron chi connectivity index (χ2n) is 9.11. The molecule has 0 aliphatic heterocycles. The van der Waals surface area contributed by atoms with E-state index in [1.54, 1.807) is 72.8 Å².